The van der Waals surface area contributed by atoms with E-state index in [1.807, 2.05) is 0 Å². The average Bonchev–Trinajstić information content (AvgIpc) is 2.89. The third-order valence-electron chi connectivity index (χ3n) is 7.85. The molecular formula is C30H24O11. The minimum atomic E-state index is -1.93. The molecule has 5 unspecified atom stereocenters. The number of fused-ring (bicyclic) bond motifs is 8. The number of ether oxygens (including phenoxy) is 3. The van der Waals surface area contributed by atoms with Crippen LogP contribution in [0.3, 0.4) is 0 Å². The predicted molar refractivity (Wildman–Crippen MR) is 140 cm³/mol. The fourth-order valence-corrected chi connectivity index (χ4v) is 6.11. The first kappa shape index (κ1) is 25.0. The summed E-state index contributed by atoms with van der Waals surface area (Å²) in [6.07, 6.45) is -3.90. The molecule has 0 spiro atoms. The summed E-state index contributed by atoms with van der Waals surface area (Å²) in [6.45, 7) is 0. The van der Waals surface area contributed by atoms with E-state index in [0.717, 1.165) is 12.1 Å². The number of hydrogen-bond donors (Lipinski definition) is 8. The lowest BCUT2D eigenvalue weighted by atomic mass is 9.74. The Labute approximate surface area is 231 Å². The van der Waals surface area contributed by atoms with Crippen LogP contribution < -0.4 is 14.2 Å². The van der Waals surface area contributed by atoms with E-state index < -0.39 is 30.0 Å². The van der Waals surface area contributed by atoms with Crippen molar-refractivity contribution in [1.29, 1.82) is 0 Å². The Morgan fingerprint density at radius 3 is 1.98 bits per heavy atom. The Kier molecular flexibility index (Phi) is 5.18. The highest BCUT2D eigenvalue weighted by Crippen LogP contribution is 2.62. The maximum Gasteiger partial charge on any atom is 0.305 e. The molecule has 8 N–H and O–H groups in total. The van der Waals surface area contributed by atoms with Crippen LogP contribution in [-0.4, -0.2) is 53.1 Å². The second-order valence-corrected chi connectivity index (χ2v) is 10.4. The number of aromatic hydroxyl groups is 6. The van der Waals surface area contributed by atoms with Gasteiger partial charge >= 0.3 is 5.79 Å². The van der Waals surface area contributed by atoms with Gasteiger partial charge in [-0.3, -0.25) is 0 Å². The highest BCUT2D eigenvalue weighted by molar-refractivity contribution is 5.68. The van der Waals surface area contributed by atoms with Crippen LogP contribution in [0.2, 0.25) is 0 Å². The van der Waals surface area contributed by atoms with E-state index in [4.69, 9.17) is 14.2 Å². The normalized spacial score (nSPS) is 25.5. The van der Waals surface area contributed by atoms with Crippen LogP contribution in [0.25, 0.3) is 0 Å². The van der Waals surface area contributed by atoms with Crippen molar-refractivity contribution >= 4 is 0 Å². The van der Waals surface area contributed by atoms with Gasteiger partial charge in [-0.2, -0.15) is 0 Å². The molecule has 5 atom stereocenters. The first-order valence-corrected chi connectivity index (χ1v) is 12.7. The number of phenolic OH excluding ortho intramolecular Hbond substituents is 6. The molecule has 3 aliphatic rings. The molecule has 3 heterocycles. The molecule has 210 valence electrons. The second-order valence-electron chi connectivity index (χ2n) is 10.4. The predicted octanol–water partition coefficient (Wildman–Crippen LogP) is 3.09. The summed E-state index contributed by atoms with van der Waals surface area (Å²) < 4.78 is 18.8. The molecule has 2 bridgehead atoms. The Bertz CT molecular complexity index is 1700. The summed E-state index contributed by atoms with van der Waals surface area (Å²) in [5, 5.41) is 85.0. The van der Waals surface area contributed by atoms with Gasteiger partial charge in [0.15, 0.2) is 6.10 Å². The van der Waals surface area contributed by atoms with Crippen LogP contribution in [0.5, 0.6) is 51.7 Å². The zero-order valence-electron chi connectivity index (χ0n) is 21.1. The first-order valence-electron chi connectivity index (χ1n) is 12.7. The van der Waals surface area contributed by atoms with Gasteiger partial charge in [-0.25, -0.2) is 0 Å². The van der Waals surface area contributed by atoms with Gasteiger partial charge in [-0.15, -0.1) is 0 Å². The molecule has 4 aromatic carbocycles. The van der Waals surface area contributed by atoms with Crippen LogP contribution in [0.1, 0.15) is 39.8 Å². The molecule has 0 saturated carbocycles. The van der Waals surface area contributed by atoms with Crippen molar-refractivity contribution in [2.45, 2.75) is 36.4 Å². The molecule has 7 rings (SSSR count). The van der Waals surface area contributed by atoms with Gasteiger partial charge in [0, 0.05) is 58.5 Å². The van der Waals surface area contributed by atoms with Crippen LogP contribution >= 0.6 is 0 Å². The Balaban J connectivity index is 1.47. The summed E-state index contributed by atoms with van der Waals surface area (Å²) in [4.78, 5) is 0. The Morgan fingerprint density at radius 2 is 1.29 bits per heavy atom. The zero-order valence-corrected chi connectivity index (χ0v) is 21.1. The molecule has 11 heteroatoms. The maximum absolute atomic E-state index is 11.9. The van der Waals surface area contributed by atoms with E-state index in [1.54, 1.807) is 0 Å². The monoisotopic (exact) mass is 560 g/mol. The van der Waals surface area contributed by atoms with Crippen molar-refractivity contribution in [3.63, 3.8) is 0 Å². The zero-order chi connectivity index (χ0) is 28.8. The van der Waals surface area contributed by atoms with Crippen LogP contribution in [0.4, 0.5) is 0 Å². The van der Waals surface area contributed by atoms with Crippen molar-refractivity contribution in [3.8, 4) is 51.7 Å². The lowest BCUT2D eigenvalue weighted by Crippen LogP contribution is -2.57. The summed E-state index contributed by atoms with van der Waals surface area (Å²) in [6, 6.07) is 13.2. The van der Waals surface area contributed by atoms with Crippen LogP contribution in [0, 0.1) is 0 Å². The van der Waals surface area contributed by atoms with Gasteiger partial charge in [0.1, 0.15) is 57.8 Å². The minimum absolute atomic E-state index is 0.0173. The smallest absolute Gasteiger partial charge is 0.305 e. The molecule has 11 nitrogen and oxygen atoms in total. The third-order valence-corrected chi connectivity index (χ3v) is 7.85. The molecule has 3 aliphatic heterocycles. The second kappa shape index (κ2) is 8.50. The molecule has 0 aliphatic carbocycles. The minimum Gasteiger partial charge on any atom is -0.508 e. The van der Waals surface area contributed by atoms with Gasteiger partial charge in [0.25, 0.3) is 0 Å². The highest BCUT2D eigenvalue weighted by Gasteiger charge is 2.60. The highest BCUT2D eigenvalue weighted by atomic mass is 16.7. The molecule has 0 amide bonds. The molecule has 0 aromatic heterocycles. The van der Waals surface area contributed by atoms with Crippen molar-refractivity contribution in [2.75, 3.05) is 0 Å². The largest absolute Gasteiger partial charge is 0.508 e. The van der Waals surface area contributed by atoms with Gasteiger partial charge in [-0.05, 0) is 36.4 Å². The van der Waals surface area contributed by atoms with Gasteiger partial charge in [0.2, 0.25) is 0 Å². The van der Waals surface area contributed by atoms with E-state index in [1.165, 1.54) is 48.5 Å². The lowest BCUT2D eigenvalue weighted by Gasteiger charge is -2.50. The quantitative estimate of drug-likeness (QED) is 0.180. The number of rotatable bonds is 2. The number of phenols is 6. The molecule has 0 saturated heterocycles. The van der Waals surface area contributed by atoms with Crippen molar-refractivity contribution < 1.29 is 55.1 Å². The molecule has 0 fully saturated rings. The Morgan fingerprint density at radius 1 is 0.659 bits per heavy atom. The molecule has 0 radical (unpaired) electrons. The fraction of sp³-hybridized carbons (Fsp3) is 0.200. The topological polar surface area (TPSA) is 190 Å². The number of hydrogen-bond acceptors (Lipinski definition) is 11. The molecular weight excluding hydrogens is 536 g/mol. The summed E-state index contributed by atoms with van der Waals surface area (Å²) in [5.74, 6) is -4.34. The molecule has 4 aromatic rings. The fourth-order valence-electron chi connectivity index (χ4n) is 6.11. The van der Waals surface area contributed by atoms with Crippen molar-refractivity contribution in [1.82, 2.24) is 0 Å². The van der Waals surface area contributed by atoms with Gasteiger partial charge < -0.3 is 55.1 Å². The van der Waals surface area contributed by atoms with Crippen LogP contribution in [0.15, 0.2) is 60.7 Å². The van der Waals surface area contributed by atoms with E-state index >= 15 is 0 Å². The van der Waals surface area contributed by atoms with E-state index in [9.17, 15) is 40.9 Å². The van der Waals surface area contributed by atoms with Crippen LogP contribution in [-0.2, 0) is 12.2 Å². The van der Waals surface area contributed by atoms with Gasteiger partial charge in [-0.1, -0.05) is 0 Å². The number of aliphatic hydroxyl groups is 2. The van der Waals surface area contributed by atoms with E-state index in [0.29, 0.717) is 5.56 Å². The first-order chi connectivity index (χ1) is 19.6. The van der Waals surface area contributed by atoms with E-state index in [2.05, 4.69) is 0 Å². The third kappa shape index (κ3) is 3.59. The Hall–Kier alpha value is -5.00. The maximum atomic E-state index is 11.9. The van der Waals surface area contributed by atoms with Crippen molar-refractivity contribution in [3.05, 3.63) is 88.5 Å². The number of benzene rings is 4. The number of aliphatic hydroxyl groups excluding tert-OH is 2. The average molecular weight is 561 g/mol. The standard InChI is InChI=1S/C30H24O11/c31-14-3-1-13(2-4-14)30-29(38)26(24-20(36)8-17(34)9-22(24)40-30)25-23(41-30)11-19(35)18-10-21(37)27(39-28(18)25)12-5-15(32)7-16(33)6-12/h1-9,11,21,26-27,29,31-38H,10H2. The SMILES string of the molecule is Oc1ccc(C23Oc4cc(O)cc(O)c4C(c4c(cc(O)c5c4OC(c4cc(O)cc(O)c4)C(O)C5)O2)C3O)cc1. The van der Waals surface area contributed by atoms with Gasteiger partial charge in [0.05, 0.1) is 12.0 Å². The summed E-state index contributed by atoms with van der Waals surface area (Å²) >= 11 is 0. The lowest BCUT2D eigenvalue weighted by molar-refractivity contribution is -0.219. The summed E-state index contributed by atoms with van der Waals surface area (Å²) in [5.41, 5.74) is 1.15. The van der Waals surface area contributed by atoms with Crippen molar-refractivity contribution in [2.24, 2.45) is 0 Å². The summed E-state index contributed by atoms with van der Waals surface area (Å²) in [7, 11) is 0. The van der Waals surface area contributed by atoms with E-state index in [-0.39, 0.29) is 80.4 Å². The molecule has 41 heavy (non-hydrogen) atoms.